The zero-order valence-electron chi connectivity index (χ0n) is 15.7. The Kier molecular flexibility index (Phi) is 4.31. The Bertz CT molecular complexity index is 1060. The van der Waals surface area contributed by atoms with Gasteiger partial charge in [-0.25, -0.2) is 9.37 Å². The Morgan fingerprint density at radius 1 is 1.14 bits per heavy atom. The van der Waals surface area contributed by atoms with E-state index < -0.39 is 10.8 Å². The molecule has 1 saturated heterocycles. The molecule has 2 aliphatic heterocycles. The van der Waals surface area contributed by atoms with E-state index in [1.807, 2.05) is 36.8 Å². The van der Waals surface area contributed by atoms with Gasteiger partial charge < -0.3 is 9.47 Å². The second-order valence-corrected chi connectivity index (χ2v) is 8.99. The number of fused-ring (bicyclic) bond motifs is 3. The van der Waals surface area contributed by atoms with Crippen LogP contribution in [0.3, 0.4) is 0 Å². The number of benzene rings is 2. The number of nitrogens with zero attached hydrogens (tertiary/aromatic N) is 3. The highest BCUT2D eigenvalue weighted by molar-refractivity contribution is 7.84. The standard InChI is InChI=1S/C22H22FN3OS/c1-28(27)17-5-2-4-16(12-17)25-10-8-15(9-11-25)22-21-18(6-3-7-19(21)23)20-13-24-14-26(20)22/h2-7,12-15,22H,8-11H2,1H3. The molecule has 144 valence electrons. The van der Waals surface area contributed by atoms with E-state index in [0.29, 0.717) is 5.92 Å². The van der Waals surface area contributed by atoms with Crippen LogP contribution < -0.4 is 4.90 Å². The zero-order chi connectivity index (χ0) is 19.3. The fourth-order valence-electron chi connectivity index (χ4n) is 4.73. The molecule has 0 aliphatic carbocycles. The van der Waals surface area contributed by atoms with E-state index >= 15 is 0 Å². The van der Waals surface area contributed by atoms with Crippen molar-refractivity contribution in [3.05, 3.63) is 66.4 Å². The summed E-state index contributed by atoms with van der Waals surface area (Å²) in [5.41, 5.74) is 3.93. The number of hydrogen-bond acceptors (Lipinski definition) is 3. The van der Waals surface area contributed by atoms with Gasteiger partial charge in [0.15, 0.2) is 0 Å². The Morgan fingerprint density at radius 3 is 2.71 bits per heavy atom. The highest BCUT2D eigenvalue weighted by Crippen LogP contribution is 2.46. The van der Waals surface area contributed by atoms with E-state index in [1.165, 1.54) is 0 Å². The van der Waals surface area contributed by atoms with Crippen LogP contribution in [0.4, 0.5) is 10.1 Å². The quantitative estimate of drug-likeness (QED) is 0.666. The predicted molar refractivity (Wildman–Crippen MR) is 109 cm³/mol. The minimum Gasteiger partial charge on any atom is -0.371 e. The van der Waals surface area contributed by atoms with E-state index in [0.717, 1.165) is 53.3 Å². The maximum absolute atomic E-state index is 14.7. The van der Waals surface area contributed by atoms with Crippen LogP contribution in [0.2, 0.25) is 0 Å². The number of rotatable bonds is 3. The summed E-state index contributed by atoms with van der Waals surface area (Å²) < 4.78 is 28.7. The lowest BCUT2D eigenvalue weighted by atomic mass is 9.85. The summed E-state index contributed by atoms with van der Waals surface area (Å²) in [5.74, 6) is 0.248. The van der Waals surface area contributed by atoms with Crippen LogP contribution in [-0.2, 0) is 10.8 Å². The van der Waals surface area contributed by atoms with Gasteiger partial charge in [0.2, 0.25) is 0 Å². The van der Waals surface area contributed by atoms with E-state index in [4.69, 9.17) is 0 Å². The van der Waals surface area contributed by atoms with Crippen molar-refractivity contribution in [2.75, 3.05) is 24.2 Å². The van der Waals surface area contributed by atoms with Crippen LogP contribution in [0, 0.1) is 11.7 Å². The van der Waals surface area contributed by atoms with Crippen molar-refractivity contribution < 1.29 is 8.60 Å². The molecule has 3 aromatic rings. The summed E-state index contributed by atoms with van der Waals surface area (Å²) >= 11 is 0. The SMILES string of the molecule is CS(=O)c1cccc(N2CCC(C3c4c(F)cccc4-c4cncn43)CC2)c1. The van der Waals surface area contributed by atoms with Crippen molar-refractivity contribution in [2.24, 2.45) is 5.92 Å². The van der Waals surface area contributed by atoms with Gasteiger partial charge in [-0.05, 0) is 43.0 Å². The summed E-state index contributed by atoms with van der Waals surface area (Å²) in [5, 5.41) is 0. The van der Waals surface area contributed by atoms with Crippen molar-refractivity contribution in [2.45, 2.75) is 23.8 Å². The minimum atomic E-state index is -0.979. The Balaban J connectivity index is 1.40. The van der Waals surface area contributed by atoms with Crippen LogP contribution in [0.5, 0.6) is 0 Å². The first-order chi connectivity index (χ1) is 13.6. The molecule has 1 fully saturated rings. The second-order valence-electron chi connectivity index (χ2n) is 7.61. The molecule has 28 heavy (non-hydrogen) atoms. The molecule has 0 amide bonds. The molecule has 0 N–H and O–H groups in total. The molecule has 0 radical (unpaired) electrons. The van der Waals surface area contributed by atoms with Crippen LogP contribution in [0.25, 0.3) is 11.3 Å². The molecule has 2 aromatic carbocycles. The third kappa shape index (κ3) is 2.78. The van der Waals surface area contributed by atoms with E-state index in [-0.39, 0.29) is 11.9 Å². The Labute approximate surface area is 166 Å². The molecule has 5 rings (SSSR count). The van der Waals surface area contributed by atoms with Gasteiger partial charge in [-0.3, -0.25) is 4.21 Å². The highest BCUT2D eigenvalue weighted by Gasteiger charge is 2.37. The van der Waals surface area contributed by atoms with Crippen LogP contribution in [0.15, 0.2) is 59.9 Å². The number of halogens is 1. The van der Waals surface area contributed by atoms with Crippen LogP contribution >= 0.6 is 0 Å². The number of hydrogen-bond donors (Lipinski definition) is 0. The van der Waals surface area contributed by atoms with Gasteiger partial charge in [0.25, 0.3) is 0 Å². The Morgan fingerprint density at radius 2 is 1.93 bits per heavy atom. The second kappa shape index (κ2) is 6.85. The summed E-state index contributed by atoms with van der Waals surface area (Å²) in [6.45, 7) is 1.82. The van der Waals surface area contributed by atoms with Crippen molar-refractivity contribution in [3.63, 3.8) is 0 Å². The molecule has 4 nitrogen and oxygen atoms in total. The predicted octanol–water partition coefficient (Wildman–Crippen LogP) is 4.25. The lowest BCUT2D eigenvalue weighted by Crippen LogP contribution is -2.36. The monoisotopic (exact) mass is 395 g/mol. The first-order valence-electron chi connectivity index (χ1n) is 9.62. The first kappa shape index (κ1) is 17.6. The van der Waals surface area contributed by atoms with Gasteiger partial charge in [0.1, 0.15) is 5.82 Å². The average Bonchev–Trinajstić information content (AvgIpc) is 3.30. The van der Waals surface area contributed by atoms with E-state index in [2.05, 4.69) is 20.5 Å². The summed E-state index contributed by atoms with van der Waals surface area (Å²) in [6, 6.07) is 13.3. The summed E-state index contributed by atoms with van der Waals surface area (Å²) in [7, 11) is -0.979. The van der Waals surface area contributed by atoms with E-state index in [9.17, 15) is 8.60 Å². The molecule has 0 bridgehead atoms. The van der Waals surface area contributed by atoms with Gasteiger partial charge in [-0.1, -0.05) is 18.2 Å². The molecule has 6 heteroatoms. The topological polar surface area (TPSA) is 38.1 Å². The summed E-state index contributed by atoms with van der Waals surface area (Å²) in [6.07, 6.45) is 7.35. The van der Waals surface area contributed by atoms with Crippen molar-refractivity contribution in [1.29, 1.82) is 0 Å². The zero-order valence-corrected chi connectivity index (χ0v) is 16.5. The van der Waals surface area contributed by atoms with Gasteiger partial charge >= 0.3 is 0 Å². The summed E-state index contributed by atoms with van der Waals surface area (Å²) in [4.78, 5) is 7.51. The van der Waals surface area contributed by atoms with Gasteiger partial charge in [-0.15, -0.1) is 0 Å². The molecular weight excluding hydrogens is 373 g/mol. The molecule has 2 atom stereocenters. The molecular formula is C22H22FN3OS. The molecule has 2 aliphatic rings. The molecule has 2 unspecified atom stereocenters. The normalized spacial score (nSPS) is 20.1. The maximum atomic E-state index is 14.7. The third-order valence-corrected chi connectivity index (χ3v) is 7.01. The van der Waals surface area contributed by atoms with Crippen LogP contribution in [0.1, 0.15) is 24.4 Å². The molecule has 3 heterocycles. The van der Waals surface area contributed by atoms with Gasteiger partial charge in [0.05, 0.1) is 24.3 Å². The first-order valence-corrected chi connectivity index (χ1v) is 11.2. The number of aromatic nitrogens is 2. The fourth-order valence-corrected chi connectivity index (χ4v) is 5.29. The molecule has 0 saturated carbocycles. The minimum absolute atomic E-state index is 0.0188. The molecule has 1 aromatic heterocycles. The number of imidazole rings is 1. The van der Waals surface area contributed by atoms with Crippen molar-refractivity contribution >= 4 is 16.5 Å². The fraction of sp³-hybridized carbons (Fsp3) is 0.318. The van der Waals surface area contributed by atoms with Crippen molar-refractivity contribution in [3.8, 4) is 11.3 Å². The third-order valence-electron chi connectivity index (χ3n) is 6.09. The largest absolute Gasteiger partial charge is 0.371 e. The lowest BCUT2D eigenvalue weighted by Gasteiger charge is -2.37. The number of piperidine rings is 1. The van der Waals surface area contributed by atoms with Gasteiger partial charge in [-0.2, -0.15) is 0 Å². The molecule has 0 spiro atoms. The van der Waals surface area contributed by atoms with Crippen LogP contribution in [-0.4, -0.2) is 33.1 Å². The highest BCUT2D eigenvalue weighted by atomic mass is 32.2. The van der Waals surface area contributed by atoms with E-state index in [1.54, 1.807) is 18.4 Å². The number of anilines is 1. The Hall–Kier alpha value is -2.47. The van der Waals surface area contributed by atoms with Crippen molar-refractivity contribution in [1.82, 2.24) is 9.55 Å². The maximum Gasteiger partial charge on any atom is 0.129 e. The van der Waals surface area contributed by atoms with Gasteiger partial charge in [0, 0.05) is 51.9 Å². The average molecular weight is 396 g/mol. The lowest BCUT2D eigenvalue weighted by molar-refractivity contribution is 0.312. The smallest absolute Gasteiger partial charge is 0.129 e.